The van der Waals surface area contributed by atoms with Gasteiger partial charge in [0, 0.05) is 4.47 Å². The molecule has 5 heteroatoms. The molecule has 0 saturated heterocycles. The molecular formula is C14H10BrNO3. The van der Waals surface area contributed by atoms with E-state index in [4.69, 9.17) is 4.84 Å². The summed E-state index contributed by atoms with van der Waals surface area (Å²) in [5.41, 5.74) is 1.37. The Balaban J connectivity index is 2.12. The van der Waals surface area contributed by atoms with Crippen molar-refractivity contribution in [3.63, 3.8) is 0 Å². The van der Waals surface area contributed by atoms with Gasteiger partial charge in [0.25, 0.3) is 0 Å². The summed E-state index contributed by atoms with van der Waals surface area (Å²) in [6, 6.07) is 6.91. The van der Waals surface area contributed by atoms with Crippen LogP contribution in [0.15, 0.2) is 57.7 Å². The standard InChI is InChI=1S/C14H10BrNO3/c1-9-8-10(6-7-13(9)17)16-19-14(18)11-4-2-3-5-12(11)15/h2-8H,1H3/b16-10-. The average Bonchev–Trinajstić information content (AvgIpc) is 2.40. The van der Waals surface area contributed by atoms with Gasteiger partial charge >= 0.3 is 5.97 Å². The first-order valence-electron chi connectivity index (χ1n) is 5.52. The molecule has 1 aromatic rings. The number of halogens is 1. The van der Waals surface area contributed by atoms with E-state index in [1.165, 1.54) is 12.2 Å². The summed E-state index contributed by atoms with van der Waals surface area (Å²) in [5, 5.41) is 3.72. The van der Waals surface area contributed by atoms with E-state index in [0.29, 0.717) is 21.3 Å². The maximum Gasteiger partial charge on any atom is 0.366 e. The molecule has 2 rings (SSSR count). The lowest BCUT2D eigenvalue weighted by atomic mass is 10.1. The van der Waals surface area contributed by atoms with Crippen molar-refractivity contribution in [2.45, 2.75) is 6.92 Å². The van der Waals surface area contributed by atoms with Gasteiger partial charge in [0.1, 0.15) is 5.71 Å². The normalized spacial score (nSPS) is 16.4. The zero-order chi connectivity index (χ0) is 13.8. The first kappa shape index (κ1) is 13.4. The fraction of sp³-hybridized carbons (Fsp3) is 0.0714. The van der Waals surface area contributed by atoms with Crippen LogP contribution in [0.3, 0.4) is 0 Å². The fourth-order valence-corrected chi connectivity index (χ4v) is 1.91. The number of carbonyl (C=O) groups excluding carboxylic acids is 2. The van der Waals surface area contributed by atoms with Crippen molar-refractivity contribution in [3.05, 3.63) is 58.1 Å². The summed E-state index contributed by atoms with van der Waals surface area (Å²) < 4.78 is 0.640. The Labute approximate surface area is 118 Å². The molecule has 0 spiro atoms. The SMILES string of the molecule is CC1=C/C(=N\OC(=O)c2ccccc2Br)C=CC1=O. The Morgan fingerprint density at radius 1 is 1.26 bits per heavy atom. The predicted octanol–water partition coefficient (Wildman–Crippen LogP) is 3.05. The van der Waals surface area contributed by atoms with Crippen LogP contribution in [0.25, 0.3) is 0 Å². The number of hydrogen-bond acceptors (Lipinski definition) is 4. The quantitative estimate of drug-likeness (QED) is 0.478. The number of carbonyl (C=O) groups is 2. The minimum atomic E-state index is -0.559. The molecule has 0 unspecified atom stereocenters. The monoisotopic (exact) mass is 319 g/mol. The fourth-order valence-electron chi connectivity index (χ4n) is 1.46. The highest BCUT2D eigenvalue weighted by Crippen LogP contribution is 2.17. The van der Waals surface area contributed by atoms with Gasteiger partial charge in [-0.2, -0.15) is 0 Å². The summed E-state index contributed by atoms with van der Waals surface area (Å²) in [7, 11) is 0. The summed E-state index contributed by atoms with van der Waals surface area (Å²) in [6.07, 6.45) is 4.46. The van der Waals surface area contributed by atoms with Crippen LogP contribution in [0.2, 0.25) is 0 Å². The lowest BCUT2D eigenvalue weighted by Crippen LogP contribution is -2.08. The van der Waals surface area contributed by atoms with E-state index in [-0.39, 0.29) is 5.78 Å². The second kappa shape index (κ2) is 5.75. The highest BCUT2D eigenvalue weighted by atomic mass is 79.9. The first-order chi connectivity index (χ1) is 9.08. The van der Waals surface area contributed by atoms with E-state index in [1.54, 1.807) is 37.3 Å². The third-order valence-corrected chi connectivity index (χ3v) is 3.18. The Hall–Kier alpha value is -2.01. The smallest absolute Gasteiger partial charge is 0.312 e. The Bertz CT molecular complexity index is 629. The van der Waals surface area contributed by atoms with Crippen LogP contribution in [-0.4, -0.2) is 17.5 Å². The molecule has 0 aliphatic heterocycles. The van der Waals surface area contributed by atoms with Crippen LogP contribution in [0.5, 0.6) is 0 Å². The van der Waals surface area contributed by atoms with Crippen LogP contribution in [0.1, 0.15) is 17.3 Å². The summed E-state index contributed by atoms with van der Waals surface area (Å²) in [4.78, 5) is 27.8. The van der Waals surface area contributed by atoms with Crippen molar-refractivity contribution < 1.29 is 14.4 Å². The number of ketones is 1. The Kier molecular flexibility index (Phi) is 4.06. The minimum absolute atomic E-state index is 0.0731. The third kappa shape index (κ3) is 3.26. The molecule has 0 atom stereocenters. The van der Waals surface area contributed by atoms with Crippen molar-refractivity contribution in [1.82, 2.24) is 0 Å². The van der Waals surface area contributed by atoms with Gasteiger partial charge in [0.2, 0.25) is 0 Å². The van der Waals surface area contributed by atoms with Crippen LogP contribution in [-0.2, 0) is 9.63 Å². The highest BCUT2D eigenvalue weighted by molar-refractivity contribution is 9.10. The van der Waals surface area contributed by atoms with E-state index in [1.807, 2.05) is 0 Å². The number of allylic oxidation sites excluding steroid dienone is 4. The molecule has 0 N–H and O–H groups in total. The van der Waals surface area contributed by atoms with Gasteiger partial charge in [-0.1, -0.05) is 17.3 Å². The van der Waals surface area contributed by atoms with Crippen molar-refractivity contribution in [2.75, 3.05) is 0 Å². The largest absolute Gasteiger partial charge is 0.366 e. The topological polar surface area (TPSA) is 55.7 Å². The zero-order valence-electron chi connectivity index (χ0n) is 10.1. The third-order valence-electron chi connectivity index (χ3n) is 2.49. The predicted molar refractivity (Wildman–Crippen MR) is 74.9 cm³/mol. The van der Waals surface area contributed by atoms with Crippen LogP contribution >= 0.6 is 15.9 Å². The molecule has 0 radical (unpaired) electrons. The Morgan fingerprint density at radius 3 is 2.68 bits per heavy atom. The molecule has 19 heavy (non-hydrogen) atoms. The molecule has 96 valence electrons. The van der Waals surface area contributed by atoms with E-state index < -0.39 is 5.97 Å². The number of oxime groups is 1. The summed E-state index contributed by atoms with van der Waals surface area (Å²) in [6.45, 7) is 1.68. The average molecular weight is 320 g/mol. The van der Waals surface area contributed by atoms with Gasteiger partial charge in [0.15, 0.2) is 5.78 Å². The van der Waals surface area contributed by atoms with Gasteiger partial charge in [-0.05, 0) is 58.8 Å². The van der Waals surface area contributed by atoms with Gasteiger partial charge in [-0.3, -0.25) is 4.79 Å². The number of nitrogens with zero attached hydrogens (tertiary/aromatic N) is 1. The maximum atomic E-state index is 11.8. The maximum absolute atomic E-state index is 11.8. The Morgan fingerprint density at radius 2 is 2.00 bits per heavy atom. The van der Waals surface area contributed by atoms with Crippen molar-refractivity contribution in [1.29, 1.82) is 0 Å². The number of benzene rings is 1. The van der Waals surface area contributed by atoms with E-state index in [9.17, 15) is 9.59 Å². The lowest BCUT2D eigenvalue weighted by Gasteiger charge is -2.04. The molecule has 0 saturated carbocycles. The van der Waals surface area contributed by atoms with E-state index >= 15 is 0 Å². The van der Waals surface area contributed by atoms with Gasteiger partial charge in [-0.25, -0.2) is 4.79 Å². The van der Waals surface area contributed by atoms with Gasteiger partial charge < -0.3 is 4.84 Å². The molecule has 1 aromatic carbocycles. The molecule has 1 aliphatic rings. The number of hydrogen-bond donors (Lipinski definition) is 0. The van der Waals surface area contributed by atoms with Crippen molar-refractivity contribution >= 4 is 33.4 Å². The summed E-state index contributed by atoms with van der Waals surface area (Å²) in [5.74, 6) is -0.632. The minimum Gasteiger partial charge on any atom is -0.312 e. The van der Waals surface area contributed by atoms with E-state index in [0.717, 1.165) is 0 Å². The highest BCUT2D eigenvalue weighted by Gasteiger charge is 2.12. The molecule has 4 nitrogen and oxygen atoms in total. The van der Waals surface area contributed by atoms with Crippen LogP contribution < -0.4 is 0 Å². The lowest BCUT2D eigenvalue weighted by molar-refractivity contribution is -0.111. The van der Waals surface area contributed by atoms with E-state index in [2.05, 4.69) is 21.1 Å². The number of rotatable bonds is 2. The summed E-state index contributed by atoms with van der Waals surface area (Å²) >= 11 is 3.26. The zero-order valence-corrected chi connectivity index (χ0v) is 11.7. The second-order valence-corrected chi connectivity index (χ2v) is 4.75. The van der Waals surface area contributed by atoms with Crippen LogP contribution in [0.4, 0.5) is 0 Å². The molecule has 0 heterocycles. The molecular weight excluding hydrogens is 310 g/mol. The second-order valence-electron chi connectivity index (χ2n) is 3.90. The van der Waals surface area contributed by atoms with Gasteiger partial charge in [0.05, 0.1) is 5.56 Å². The molecule has 0 amide bonds. The molecule has 0 aromatic heterocycles. The molecule has 1 aliphatic carbocycles. The van der Waals surface area contributed by atoms with Crippen molar-refractivity contribution in [2.24, 2.45) is 5.16 Å². The molecule has 0 bridgehead atoms. The first-order valence-corrected chi connectivity index (χ1v) is 6.32. The van der Waals surface area contributed by atoms with Gasteiger partial charge in [-0.15, -0.1) is 0 Å². The van der Waals surface area contributed by atoms with Crippen molar-refractivity contribution in [3.8, 4) is 0 Å². The molecule has 0 fully saturated rings. The van der Waals surface area contributed by atoms with Crippen LogP contribution in [0, 0.1) is 0 Å².